The minimum Gasteiger partial charge on any atom is -0.375 e. The van der Waals surface area contributed by atoms with Crippen molar-refractivity contribution in [2.75, 3.05) is 51.2 Å². The maximum Gasteiger partial charge on any atom is 0.405 e. The first-order valence-electron chi connectivity index (χ1n) is 8.93. The number of carbonyl (C=O) groups is 1. The fourth-order valence-corrected chi connectivity index (χ4v) is 3.07. The van der Waals surface area contributed by atoms with Crippen LogP contribution >= 0.6 is 0 Å². The van der Waals surface area contributed by atoms with E-state index >= 15 is 0 Å². The van der Waals surface area contributed by atoms with Gasteiger partial charge in [-0.1, -0.05) is 6.92 Å². The van der Waals surface area contributed by atoms with E-state index in [0.29, 0.717) is 31.7 Å². The van der Waals surface area contributed by atoms with E-state index in [0.717, 1.165) is 18.7 Å². The second-order valence-electron chi connectivity index (χ2n) is 6.52. The van der Waals surface area contributed by atoms with Gasteiger partial charge in [-0.05, 0) is 30.7 Å². The van der Waals surface area contributed by atoms with E-state index in [9.17, 15) is 18.0 Å². The third-order valence-electron chi connectivity index (χ3n) is 4.56. The molecule has 2 N–H and O–H groups in total. The molecule has 1 fully saturated rings. The highest BCUT2D eigenvalue weighted by atomic mass is 19.4. The van der Waals surface area contributed by atoms with Crippen LogP contribution in [0.5, 0.6) is 0 Å². The van der Waals surface area contributed by atoms with Gasteiger partial charge in [0, 0.05) is 57.6 Å². The second kappa shape index (κ2) is 9.23. The zero-order chi connectivity index (χ0) is 19.2. The molecule has 1 amide bonds. The van der Waals surface area contributed by atoms with E-state index < -0.39 is 24.7 Å². The monoisotopic (exact) mass is 372 g/mol. The minimum atomic E-state index is -4.38. The van der Waals surface area contributed by atoms with Gasteiger partial charge in [0.05, 0.1) is 0 Å². The summed E-state index contributed by atoms with van der Waals surface area (Å²) in [4.78, 5) is 15.7. The van der Waals surface area contributed by atoms with Gasteiger partial charge in [-0.3, -0.25) is 9.69 Å². The molecule has 1 atom stereocenters. The number of benzene rings is 1. The van der Waals surface area contributed by atoms with Crippen molar-refractivity contribution in [3.63, 3.8) is 0 Å². The average molecular weight is 372 g/mol. The Labute approximate surface area is 152 Å². The quantitative estimate of drug-likeness (QED) is 0.770. The number of hydrogen-bond donors (Lipinski definition) is 2. The predicted octanol–water partition coefficient (Wildman–Crippen LogP) is 2.10. The third-order valence-corrected chi connectivity index (χ3v) is 4.56. The molecule has 0 aliphatic carbocycles. The Morgan fingerprint density at radius 1 is 1.27 bits per heavy atom. The van der Waals surface area contributed by atoms with Crippen molar-refractivity contribution in [3.8, 4) is 0 Å². The van der Waals surface area contributed by atoms with Crippen LogP contribution in [-0.4, -0.2) is 69.3 Å². The van der Waals surface area contributed by atoms with Crippen LogP contribution in [0.2, 0.25) is 0 Å². The molecule has 26 heavy (non-hydrogen) atoms. The van der Waals surface area contributed by atoms with E-state index in [1.165, 1.54) is 4.90 Å². The summed E-state index contributed by atoms with van der Waals surface area (Å²) in [6.07, 6.45) is -3.37. The fourth-order valence-electron chi connectivity index (χ4n) is 3.07. The largest absolute Gasteiger partial charge is 0.405 e. The molecule has 0 saturated carbocycles. The van der Waals surface area contributed by atoms with E-state index in [-0.39, 0.29) is 0 Å². The standard InChI is InChI=1S/C18H27F3N4O/c1-3-10-24(2)15-6-4-14(5-7-15)17(26)23-13-16(18(19,20)21)25-11-8-22-9-12-25/h4-7,16,22H,3,8-13H2,1-2H3,(H,23,26). The molecule has 1 saturated heterocycles. The first-order chi connectivity index (χ1) is 12.3. The molecule has 1 aliphatic heterocycles. The van der Waals surface area contributed by atoms with Crippen LogP contribution in [0.3, 0.4) is 0 Å². The lowest BCUT2D eigenvalue weighted by Gasteiger charge is -2.35. The Morgan fingerprint density at radius 2 is 1.88 bits per heavy atom. The number of anilines is 1. The van der Waals surface area contributed by atoms with Gasteiger partial charge < -0.3 is 15.5 Å². The zero-order valence-corrected chi connectivity index (χ0v) is 15.3. The molecule has 1 aliphatic rings. The molecule has 0 spiro atoms. The highest BCUT2D eigenvalue weighted by Gasteiger charge is 2.43. The highest BCUT2D eigenvalue weighted by molar-refractivity contribution is 5.94. The molecule has 0 bridgehead atoms. The summed E-state index contributed by atoms with van der Waals surface area (Å²) in [5, 5.41) is 5.48. The Kier molecular flexibility index (Phi) is 7.28. The van der Waals surface area contributed by atoms with Crippen molar-refractivity contribution in [3.05, 3.63) is 29.8 Å². The first kappa shape index (κ1) is 20.5. The fraction of sp³-hybridized carbons (Fsp3) is 0.611. The predicted molar refractivity (Wildman–Crippen MR) is 96.6 cm³/mol. The summed E-state index contributed by atoms with van der Waals surface area (Å²) in [6, 6.07) is 5.24. The molecule has 1 aromatic rings. The van der Waals surface area contributed by atoms with Gasteiger partial charge in [0.25, 0.3) is 5.91 Å². The number of amides is 1. The average Bonchev–Trinajstić information content (AvgIpc) is 2.62. The van der Waals surface area contributed by atoms with Gasteiger partial charge in [0.1, 0.15) is 6.04 Å². The molecular formula is C18H27F3N4O. The van der Waals surface area contributed by atoms with Gasteiger partial charge in [-0.25, -0.2) is 0 Å². The van der Waals surface area contributed by atoms with Crippen molar-refractivity contribution in [2.45, 2.75) is 25.6 Å². The lowest BCUT2D eigenvalue weighted by molar-refractivity contribution is -0.183. The molecule has 8 heteroatoms. The van der Waals surface area contributed by atoms with E-state index in [1.54, 1.807) is 12.1 Å². The molecule has 1 heterocycles. The molecule has 146 valence electrons. The Morgan fingerprint density at radius 3 is 2.42 bits per heavy atom. The summed E-state index contributed by atoms with van der Waals surface area (Å²) < 4.78 is 40.1. The van der Waals surface area contributed by atoms with Crippen molar-refractivity contribution >= 4 is 11.6 Å². The van der Waals surface area contributed by atoms with Crippen LogP contribution in [-0.2, 0) is 0 Å². The highest BCUT2D eigenvalue weighted by Crippen LogP contribution is 2.25. The van der Waals surface area contributed by atoms with Crippen LogP contribution in [0.1, 0.15) is 23.7 Å². The third kappa shape index (κ3) is 5.60. The van der Waals surface area contributed by atoms with Gasteiger partial charge in [0.15, 0.2) is 0 Å². The van der Waals surface area contributed by atoms with Gasteiger partial charge in [0.2, 0.25) is 0 Å². The van der Waals surface area contributed by atoms with E-state index in [1.807, 2.05) is 19.2 Å². The minimum absolute atomic E-state index is 0.318. The van der Waals surface area contributed by atoms with Gasteiger partial charge in [-0.15, -0.1) is 0 Å². The molecule has 1 aromatic carbocycles. The number of alkyl halides is 3. The van der Waals surface area contributed by atoms with Gasteiger partial charge in [-0.2, -0.15) is 13.2 Å². The first-order valence-corrected chi connectivity index (χ1v) is 8.93. The summed E-state index contributed by atoms with van der Waals surface area (Å²) in [7, 11) is 1.96. The SMILES string of the molecule is CCCN(C)c1ccc(C(=O)NCC(N2CCNCC2)C(F)(F)F)cc1. The van der Waals surface area contributed by atoms with Crippen LogP contribution in [0.4, 0.5) is 18.9 Å². The van der Waals surface area contributed by atoms with Crippen molar-refractivity contribution < 1.29 is 18.0 Å². The summed E-state index contributed by atoms with van der Waals surface area (Å²) in [6.45, 7) is 4.20. The Balaban J connectivity index is 1.96. The van der Waals surface area contributed by atoms with Gasteiger partial charge >= 0.3 is 6.18 Å². The van der Waals surface area contributed by atoms with Crippen molar-refractivity contribution in [1.29, 1.82) is 0 Å². The second-order valence-corrected chi connectivity index (χ2v) is 6.52. The number of nitrogens with zero attached hydrogens (tertiary/aromatic N) is 2. The van der Waals surface area contributed by atoms with E-state index in [4.69, 9.17) is 0 Å². The van der Waals surface area contributed by atoms with Crippen LogP contribution in [0, 0.1) is 0 Å². The summed E-state index contributed by atoms with van der Waals surface area (Å²) in [5.74, 6) is -0.487. The molecular weight excluding hydrogens is 345 g/mol. The molecule has 2 rings (SSSR count). The number of carbonyl (C=O) groups excluding carboxylic acids is 1. The summed E-state index contributed by atoms with van der Waals surface area (Å²) in [5.41, 5.74) is 1.33. The van der Waals surface area contributed by atoms with E-state index in [2.05, 4.69) is 22.5 Å². The maximum absolute atomic E-state index is 13.4. The Bertz CT molecular complexity index is 571. The number of hydrogen-bond acceptors (Lipinski definition) is 4. The molecule has 0 aromatic heterocycles. The number of rotatable bonds is 7. The zero-order valence-electron chi connectivity index (χ0n) is 15.3. The molecule has 0 radical (unpaired) electrons. The number of piperazine rings is 1. The maximum atomic E-state index is 13.4. The number of nitrogens with one attached hydrogen (secondary N) is 2. The smallest absolute Gasteiger partial charge is 0.375 e. The lowest BCUT2D eigenvalue weighted by Crippen LogP contribution is -2.57. The Hall–Kier alpha value is -1.80. The normalized spacial score (nSPS) is 17.0. The summed E-state index contributed by atoms with van der Waals surface area (Å²) >= 11 is 0. The topological polar surface area (TPSA) is 47.6 Å². The van der Waals surface area contributed by atoms with Crippen LogP contribution < -0.4 is 15.5 Å². The lowest BCUT2D eigenvalue weighted by atomic mass is 10.1. The van der Waals surface area contributed by atoms with Crippen molar-refractivity contribution in [2.24, 2.45) is 0 Å². The number of halogens is 3. The molecule has 1 unspecified atom stereocenters. The van der Waals surface area contributed by atoms with Crippen LogP contribution in [0.15, 0.2) is 24.3 Å². The molecule has 5 nitrogen and oxygen atoms in total. The van der Waals surface area contributed by atoms with Crippen molar-refractivity contribution in [1.82, 2.24) is 15.5 Å². The van der Waals surface area contributed by atoms with Crippen LogP contribution in [0.25, 0.3) is 0 Å².